The number of fused-ring (bicyclic) bond motifs is 1. The van der Waals surface area contributed by atoms with Gasteiger partial charge in [-0.3, -0.25) is 4.68 Å². The number of amides is 2. The van der Waals surface area contributed by atoms with Gasteiger partial charge in [-0.25, -0.2) is 9.78 Å². The first-order chi connectivity index (χ1) is 15.3. The Bertz CT molecular complexity index is 1140. The minimum atomic E-state index is -0.154. The van der Waals surface area contributed by atoms with Crippen molar-refractivity contribution in [3.8, 4) is 5.88 Å². The fourth-order valence-electron chi connectivity index (χ4n) is 4.05. The Balaban J connectivity index is 1.56. The van der Waals surface area contributed by atoms with Crippen LogP contribution < -0.4 is 20.7 Å². The van der Waals surface area contributed by atoms with Gasteiger partial charge in [0, 0.05) is 32.7 Å². The van der Waals surface area contributed by atoms with Gasteiger partial charge in [-0.05, 0) is 18.9 Å². The van der Waals surface area contributed by atoms with Gasteiger partial charge < -0.3 is 25.6 Å². The quantitative estimate of drug-likeness (QED) is 0.632. The number of urea groups is 1. The molecule has 0 aromatic carbocycles. The summed E-state index contributed by atoms with van der Waals surface area (Å²) < 4.78 is 6.83. The number of carbonyl (C=O) groups excluding carboxylic acids is 1. The summed E-state index contributed by atoms with van der Waals surface area (Å²) in [6, 6.07) is 3.44. The molecule has 1 aliphatic rings. The summed E-state index contributed by atoms with van der Waals surface area (Å²) in [7, 11) is 3.40. The lowest BCUT2D eigenvalue weighted by Gasteiger charge is -2.44. The van der Waals surface area contributed by atoms with E-state index in [2.05, 4.69) is 44.1 Å². The van der Waals surface area contributed by atoms with Gasteiger partial charge in [0.05, 0.1) is 36.1 Å². The average molecular weight is 440 g/mol. The normalized spacial score (nSPS) is 16.6. The number of anilines is 3. The Morgan fingerprint density at radius 2 is 2.03 bits per heavy atom. The molecule has 4 rings (SSSR count). The van der Waals surface area contributed by atoms with Crippen molar-refractivity contribution in [2.24, 2.45) is 13.0 Å². The Hall–Kier alpha value is -3.63. The van der Waals surface area contributed by atoms with Crippen LogP contribution in [-0.4, -0.2) is 68.4 Å². The molecule has 1 atom stereocenters. The standard InChI is InChI=1S/C21H29N9O2/c1-12(2)16-11-29(21(31)25-15-6-7-17(32-5)24-13(15)3)8-9-30(16)19-14-10-23-28(4)18(14)26-20(22)27-19/h6-7,10,12,16H,8-9,11H2,1-5H3,(H,25,31)(H2,22,26,27)/t16-/m1/s1. The molecule has 2 amide bonds. The Morgan fingerprint density at radius 3 is 2.72 bits per heavy atom. The predicted molar refractivity (Wildman–Crippen MR) is 123 cm³/mol. The van der Waals surface area contributed by atoms with E-state index >= 15 is 0 Å². The van der Waals surface area contributed by atoms with E-state index in [4.69, 9.17) is 10.5 Å². The van der Waals surface area contributed by atoms with Gasteiger partial charge in [0.2, 0.25) is 11.8 Å². The van der Waals surface area contributed by atoms with Crippen LogP contribution in [-0.2, 0) is 7.05 Å². The molecule has 3 aromatic rings. The van der Waals surface area contributed by atoms with Gasteiger partial charge in [0.15, 0.2) is 5.65 Å². The zero-order chi connectivity index (χ0) is 23.0. The van der Waals surface area contributed by atoms with Crippen molar-refractivity contribution in [1.29, 1.82) is 0 Å². The number of aryl methyl sites for hydroxylation is 2. The van der Waals surface area contributed by atoms with Gasteiger partial charge >= 0.3 is 6.03 Å². The lowest BCUT2D eigenvalue weighted by atomic mass is 9.99. The van der Waals surface area contributed by atoms with Crippen LogP contribution in [0.15, 0.2) is 18.3 Å². The maximum absolute atomic E-state index is 13.0. The summed E-state index contributed by atoms with van der Waals surface area (Å²) >= 11 is 0. The number of aromatic nitrogens is 5. The highest BCUT2D eigenvalue weighted by atomic mass is 16.5. The second-order valence-corrected chi connectivity index (χ2v) is 8.28. The molecule has 0 radical (unpaired) electrons. The lowest BCUT2D eigenvalue weighted by molar-refractivity contribution is 0.189. The molecule has 1 aliphatic heterocycles. The SMILES string of the molecule is COc1ccc(NC(=O)N2CCN(c3nc(N)nc4c3cnn4C)[C@@H](C(C)C)C2)c(C)n1. The first kappa shape index (κ1) is 21.6. The van der Waals surface area contributed by atoms with E-state index < -0.39 is 0 Å². The van der Waals surface area contributed by atoms with Crippen LogP contribution in [0.4, 0.5) is 22.2 Å². The number of methoxy groups -OCH3 is 1. The van der Waals surface area contributed by atoms with Crippen molar-refractivity contribution >= 4 is 34.5 Å². The number of nitrogens with two attached hydrogens (primary N) is 1. The number of nitrogen functional groups attached to an aromatic ring is 1. The Kier molecular flexibility index (Phi) is 5.72. The van der Waals surface area contributed by atoms with E-state index in [1.165, 1.54) is 0 Å². The number of hydrogen-bond donors (Lipinski definition) is 2. The summed E-state index contributed by atoms with van der Waals surface area (Å²) in [6.07, 6.45) is 1.76. The molecule has 4 heterocycles. The predicted octanol–water partition coefficient (Wildman–Crippen LogP) is 2.04. The number of carbonyl (C=O) groups is 1. The zero-order valence-corrected chi connectivity index (χ0v) is 19.0. The molecular formula is C21H29N9O2. The van der Waals surface area contributed by atoms with E-state index in [0.717, 1.165) is 11.2 Å². The Labute approximate surface area is 186 Å². The smallest absolute Gasteiger partial charge is 0.322 e. The van der Waals surface area contributed by atoms with E-state index in [1.54, 1.807) is 30.1 Å². The van der Waals surface area contributed by atoms with E-state index in [-0.39, 0.29) is 23.9 Å². The first-order valence-corrected chi connectivity index (χ1v) is 10.6. The van der Waals surface area contributed by atoms with Crippen LogP contribution >= 0.6 is 0 Å². The molecule has 0 bridgehead atoms. The number of nitrogens with zero attached hydrogens (tertiary/aromatic N) is 7. The van der Waals surface area contributed by atoms with Crippen LogP contribution in [0.5, 0.6) is 5.88 Å². The molecule has 11 nitrogen and oxygen atoms in total. The Morgan fingerprint density at radius 1 is 1.25 bits per heavy atom. The number of nitrogens with one attached hydrogen (secondary N) is 1. The van der Waals surface area contributed by atoms with Crippen molar-refractivity contribution in [3.05, 3.63) is 24.0 Å². The van der Waals surface area contributed by atoms with Crippen molar-refractivity contribution < 1.29 is 9.53 Å². The monoisotopic (exact) mass is 439 g/mol. The molecule has 0 spiro atoms. The molecule has 11 heteroatoms. The second kappa shape index (κ2) is 8.48. The maximum atomic E-state index is 13.0. The third kappa shape index (κ3) is 3.97. The summed E-state index contributed by atoms with van der Waals surface area (Å²) in [5, 5.41) is 8.15. The van der Waals surface area contributed by atoms with Crippen LogP contribution in [0.3, 0.4) is 0 Å². The number of pyridine rings is 1. The molecule has 0 aliphatic carbocycles. The molecular weight excluding hydrogens is 410 g/mol. The highest BCUT2D eigenvalue weighted by molar-refractivity contribution is 5.91. The van der Waals surface area contributed by atoms with Crippen molar-refractivity contribution in [3.63, 3.8) is 0 Å². The van der Waals surface area contributed by atoms with Crippen LogP contribution in [0.25, 0.3) is 11.0 Å². The maximum Gasteiger partial charge on any atom is 0.322 e. The minimum Gasteiger partial charge on any atom is -0.481 e. The van der Waals surface area contributed by atoms with Gasteiger partial charge in [-0.15, -0.1) is 0 Å². The number of ether oxygens (including phenoxy) is 1. The van der Waals surface area contributed by atoms with E-state index in [0.29, 0.717) is 42.5 Å². The largest absolute Gasteiger partial charge is 0.481 e. The average Bonchev–Trinajstić information content (AvgIpc) is 3.14. The minimum absolute atomic E-state index is 0.0577. The van der Waals surface area contributed by atoms with Crippen molar-refractivity contribution in [2.75, 3.05) is 42.7 Å². The van der Waals surface area contributed by atoms with Crippen LogP contribution in [0.2, 0.25) is 0 Å². The summed E-state index contributed by atoms with van der Waals surface area (Å²) in [5.41, 5.74) is 8.06. The molecule has 3 aromatic heterocycles. The molecule has 3 N–H and O–H groups in total. The molecule has 0 unspecified atom stereocenters. The third-order valence-electron chi connectivity index (χ3n) is 5.85. The van der Waals surface area contributed by atoms with E-state index in [1.807, 2.05) is 18.9 Å². The van der Waals surface area contributed by atoms with Gasteiger partial charge in [-0.2, -0.15) is 15.1 Å². The van der Waals surface area contributed by atoms with Crippen molar-refractivity contribution in [2.45, 2.75) is 26.8 Å². The summed E-state index contributed by atoms with van der Waals surface area (Å²) in [4.78, 5) is 30.3. The first-order valence-electron chi connectivity index (χ1n) is 10.6. The van der Waals surface area contributed by atoms with Gasteiger partial charge in [0.1, 0.15) is 5.82 Å². The van der Waals surface area contributed by atoms with Gasteiger partial charge in [0.25, 0.3) is 0 Å². The lowest BCUT2D eigenvalue weighted by Crippen LogP contribution is -2.58. The highest BCUT2D eigenvalue weighted by Gasteiger charge is 2.34. The second-order valence-electron chi connectivity index (χ2n) is 8.28. The zero-order valence-electron chi connectivity index (χ0n) is 19.0. The fraction of sp³-hybridized carbons (Fsp3) is 0.476. The van der Waals surface area contributed by atoms with Crippen molar-refractivity contribution in [1.82, 2.24) is 29.6 Å². The van der Waals surface area contributed by atoms with Crippen LogP contribution in [0, 0.1) is 12.8 Å². The molecule has 170 valence electrons. The molecule has 32 heavy (non-hydrogen) atoms. The topological polar surface area (TPSA) is 127 Å². The van der Waals surface area contributed by atoms with Crippen LogP contribution in [0.1, 0.15) is 19.5 Å². The third-order valence-corrected chi connectivity index (χ3v) is 5.85. The molecule has 1 saturated heterocycles. The van der Waals surface area contributed by atoms with Gasteiger partial charge in [-0.1, -0.05) is 13.8 Å². The molecule has 0 saturated carbocycles. The summed E-state index contributed by atoms with van der Waals surface area (Å²) in [6.45, 7) is 7.84. The number of piperazine rings is 1. The number of rotatable bonds is 4. The summed E-state index contributed by atoms with van der Waals surface area (Å²) in [5.74, 6) is 1.76. The highest BCUT2D eigenvalue weighted by Crippen LogP contribution is 2.30. The van der Waals surface area contributed by atoms with E-state index in [9.17, 15) is 4.79 Å². The number of hydrogen-bond acceptors (Lipinski definition) is 8. The molecule has 1 fully saturated rings. The fourth-order valence-corrected chi connectivity index (χ4v) is 4.05.